The molecule has 0 radical (unpaired) electrons. The van der Waals surface area contributed by atoms with Gasteiger partial charge in [0.25, 0.3) is 0 Å². The maximum atomic E-state index is 12.4. The number of ether oxygens (including phenoxy) is 1. The number of aromatic nitrogens is 1. The zero-order valence-electron chi connectivity index (χ0n) is 13.5. The third-order valence-electron chi connectivity index (χ3n) is 2.31. The Hall–Kier alpha value is -2.30. The Morgan fingerprint density at radius 1 is 0.893 bits per heavy atom. The van der Waals surface area contributed by atoms with Crippen LogP contribution in [0.15, 0.2) is 12.1 Å². The van der Waals surface area contributed by atoms with Crippen LogP contribution in [0.4, 0.5) is 26.3 Å². The molecule has 0 saturated heterocycles. The summed E-state index contributed by atoms with van der Waals surface area (Å²) in [6.45, 7) is 2.66. The molecule has 160 valence electrons. The molecule has 0 saturated carbocycles. The van der Waals surface area contributed by atoms with Gasteiger partial charge < -0.3 is 13.1 Å². The Morgan fingerprint density at radius 3 is 1.54 bits per heavy atom. The summed E-state index contributed by atoms with van der Waals surface area (Å²) in [6.07, 6.45) is -0.813. The highest BCUT2D eigenvalue weighted by Crippen LogP contribution is 2.30. The topological polar surface area (TPSA) is 126 Å². The molecule has 0 fully saturated rings. The van der Waals surface area contributed by atoms with Crippen LogP contribution in [0.2, 0.25) is 0 Å². The van der Waals surface area contributed by atoms with Crippen LogP contribution in [0.5, 0.6) is 11.8 Å². The third-order valence-corrected chi connectivity index (χ3v) is 4.23. The molecule has 17 heteroatoms. The van der Waals surface area contributed by atoms with Crippen LogP contribution in [0, 0.1) is 0 Å². The first-order chi connectivity index (χ1) is 12.4. The van der Waals surface area contributed by atoms with Crippen LogP contribution in [-0.2, 0) is 25.0 Å². The predicted octanol–water partition coefficient (Wildman–Crippen LogP) is 2.10. The molecule has 1 rings (SSSR count). The van der Waals surface area contributed by atoms with Crippen molar-refractivity contribution in [3.05, 3.63) is 17.7 Å². The second-order valence-corrected chi connectivity index (χ2v) is 8.03. The van der Waals surface area contributed by atoms with Crippen LogP contribution < -0.4 is 8.37 Å². The second-order valence-electron chi connectivity index (χ2n) is 4.95. The molecule has 0 bridgehead atoms. The monoisotopic (exact) mass is 461 g/mol. The second kappa shape index (κ2) is 7.61. The van der Waals surface area contributed by atoms with E-state index < -0.39 is 60.6 Å². The standard InChI is InChI=1S/C11H9F6NO8S2/c1-5(2)24-9(19)6-3-7(25-27(20,21)10(12,13)14)18-8(4-6)26-28(22,23)11(15,16)17/h3-5H,1-2H3. The molecule has 1 aromatic rings. The van der Waals surface area contributed by atoms with Gasteiger partial charge in [-0.3, -0.25) is 0 Å². The van der Waals surface area contributed by atoms with Crippen molar-refractivity contribution in [1.82, 2.24) is 4.98 Å². The molecule has 1 aromatic heterocycles. The van der Waals surface area contributed by atoms with E-state index in [-0.39, 0.29) is 12.1 Å². The first kappa shape index (κ1) is 23.7. The lowest BCUT2D eigenvalue weighted by Crippen LogP contribution is -2.29. The molecule has 0 aliphatic carbocycles. The molecule has 0 amide bonds. The van der Waals surface area contributed by atoms with E-state index in [0.29, 0.717) is 0 Å². The highest BCUT2D eigenvalue weighted by molar-refractivity contribution is 7.88. The number of carbonyl (C=O) groups is 1. The smallest absolute Gasteiger partial charge is 0.459 e. The number of esters is 1. The van der Waals surface area contributed by atoms with Gasteiger partial charge in [-0.1, -0.05) is 0 Å². The Labute approximate surface area is 153 Å². The number of pyridine rings is 1. The van der Waals surface area contributed by atoms with E-state index in [0.717, 1.165) is 0 Å². The molecule has 9 nitrogen and oxygen atoms in total. The molecule has 0 aliphatic heterocycles. The summed E-state index contributed by atoms with van der Waals surface area (Å²) < 4.78 is 130. The first-order valence-corrected chi connectivity index (χ1v) is 9.42. The molecule has 0 N–H and O–H groups in total. The van der Waals surface area contributed by atoms with Gasteiger partial charge in [0.1, 0.15) is 0 Å². The molecule has 0 spiro atoms. The zero-order chi connectivity index (χ0) is 22.1. The average Bonchev–Trinajstić information content (AvgIpc) is 2.42. The number of nitrogens with zero attached hydrogens (tertiary/aromatic N) is 1. The van der Waals surface area contributed by atoms with Crippen molar-refractivity contribution in [3.8, 4) is 11.8 Å². The Kier molecular flexibility index (Phi) is 6.45. The maximum Gasteiger partial charge on any atom is 0.534 e. The van der Waals surface area contributed by atoms with E-state index >= 15 is 0 Å². The van der Waals surface area contributed by atoms with Crippen molar-refractivity contribution in [2.24, 2.45) is 0 Å². The van der Waals surface area contributed by atoms with Crippen LogP contribution >= 0.6 is 0 Å². The number of hydrogen-bond acceptors (Lipinski definition) is 9. The lowest BCUT2D eigenvalue weighted by molar-refractivity contribution is -0.0502. The molecular formula is C11H9F6NO8S2. The largest absolute Gasteiger partial charge is 0.534 e. The number of halogens is 6. The van der Waals surface area contributed by atoms with Crippen molar-refractivity contribution in [2.45, 2.75) is 31.0 Å². The molecule has 0 aliphatic rings. The Bertz CT molecular complexity index is 888. The van der Waals surface area contributed by atoms with E-state index in [1.54, 1.807) is 0 Å². The van der Waals surface area contributed by atoms with Gasteiger partial charge in [0.15, 0.2) is 0 Å². The normalized spacial score (nSPS) is 13.3. The Balaban J connectivity index is 3.47. The van der Waals surface area contributed by atoms with Crippen LogP contribution in [0.3, 0.4) is 0 Å². The van der Waals surface area contributed by atoms with Gasteiger partial charge in [-0.05, 0) is 13.8 Å². The molecule has 0 aromatic carbocycles. The van der Waals surface area contributed by atoms with Crippen molar-refractivity contribution in [1.29, 1.82) is 0 Å². The fourth-order valence-electron chi connectivity index (χ4n) is 1.29. The quantitative estimate of drug-likeness (QED) is 0.271. The number of carbonyl (C=O) groups excluding carboxylic acids is 1. The van der Waals surface area contributed by atoms with E-state index in [4.69, 9.17) is 0 Å². The van der Waals surface area contributed by atoms with Gasteiger partial charge in [-0.2, -0.15) is 48.2 Å². The summed E-state index contributed by atoms with van der Waals surface area (Å²) in [5, 5.41) is 0. The highest BCUT2D eigenvalue weighted by atomic mass is 32.2. The lowest BCUT2D eigenvalue weighted by atomic mass is 10.2. The highest BCUT2D eigenvalue weighted by Gasteiger charge is 2.50. The summed E-state index contributed by atoms with van der Waals surface area (Å²) in [7, 11) is -12.7. The van der Waals surface area contributed by atoms with Gasteiger partial charge in [-0.25, -0.2) is 4.79 Å². The lowest BCUT2D eigenvalue weighted by Gasteiger charge is -2.13. The summed E-state index contributed by atoms with van der Waals surface area (Å²) in [5.41, 5.74) is -12.8. The van der Waals surface area contributed by atoms with Crippen LogP contribution in [0.1, 0.15) is 24.2 Å². The Morgan fingerprint density at radius 2 is 1.25 bits per heavy atom. The fourth-order valence-corrected chi connectivity index (χ4v) is 2.09. The van der Waals surface area contributed by atoms with Gasteiger partial charge in [0.05, 0.1) is 11.7 Å². The minimum Gasteiger partial charge on any atom is -0.459 e. The molecular weight excluding hydrogens is 452 g/mol. The zero-order valence-corrected chi connectivity index (χ0v) is 15.2. The molecule has 0 unspecified atom stereocenters. The minimum absolute atomic E-state index is 0.265. The summed E-state index contributed by atoms with van der Waals surface area (Å²) in [5.74, 6) is -4.56. The first-order valence-electron chi connectivity index (χ1n) is 6.60. The third kappa shape index (κ3) is 5.85. The van der Waals surface area contributed by atoms with Gasteiger partial charge >= 0.3 is 37.2 Å². The summed E-state index contributed by atoms with van der Waals surface area (Å²) >= 11 is 0. The fraction of sp³-hybridized carbons (Fsp3) is 0.455. The van der Waals surface area contributed by atoms with Crippen LogP contribution in [-0.4, -0.2) is 44.9 Å². The van der Waals surface area contributed by atoms with Gasteiger partial charge in [0, 0.05) is 12.1 Å². The van der Waals surface area contributed by atoms with Crippen molar-refractivity contribution >= 4 is 26.2 Å². The molecule has 28 heavy (non-hydrogen) atoms. The SMILES string of the molecule is CC(C)OC(=O)c1cc(OS(=O)(=O)C(F)(F)F)nc(OS(=O)(=O)C(F)(F)F)c1. The summed E-state index contributed by atoms with van der Waals surface area (Å²) in [4.78, 5) is 14.6. The molecule has 1 heterocycles. The van der Waals surface area contributed by atoms with E-state index in [9.17, 15) is 48.0 Å². The van der Waals surface area contributed by atoms with Gasteiger partial charge in [-0.15, -0.1) is 0 Å². The average molecular weight is 461 g/mol. The van der Waals surface area contributed by atoms with Gasteiger partial charge in [0.2, 0.25) is 11.8 Å². The predicted molar refractivity (Wildman–Crippen MR) is 76.0 cm³/mol. The number of rotatable bonds is 6. The van der Waals surface area contributed by atoms with Crippen LogP contribution in [0.25, 0.3) is 0 Å². The number of hydrogen-bond donors (Lipinski definition) is 0. The van der Waals surface area contributed by atoms with Crippen molar-refractivity contribution in [2.75, 3.05) is 0 Å². The minimum atomic E-state index is -6.35. The summed E-state index contributed by atoms with van der Waals surface area (Å²) in [6, 6.07) is 0.530. The molecule has 0 atom stereocenters. The van der Waals surface area contributed by atoms with E-state index in [2.05, 4.69) is 18.1 Å². The van der Waals surface area contributed by atoms with Crippen molar-refractivity contribution < 1.29 is 61.1 Å². The van der Waals surface area contributed by atoms with E-state index in [1.807, 2.05) is 0 Å². The number of alkyl halides is 6. The maximum absolute atomic E-state index is 12.4. The van der Waals surface area contributed by atoms with Crippen molar-refractivity contribution in [3.63, 3.8) is 0 Å². The van der Waals surface area contributed by atoms with E-state index in [1.165, 1.54) is 13.8 Å².